The van der Waals surface area contributed by atoms with Crippen molar-refractivity contribution in [3.05, 3.63) is 53.3 Å². The van der Waals surface area contributed by atoms with Gasteiger partial charge in [0.25, 0.3) is 0 Å². The minimum atomic E-state index is -0.536. The largest absolute Gasteiger partial charge is 0.494 e. The van der Waals surface area contributed by atoms with Crippen LogP contribution in [0.1, 0.15) is 31.9 Å². The molecule has 178 valence electrons. The van der Waals surface area contributed by atoms with Gasteiger partial charge < -0.3 is 19.3 Å². The van der Waals surface area contributed by atoms with Crippen LogP contribution in [0.15, 0.2) is 46.4 Å². The Balaban J connectivity index is 1.69. The van der Waals surface area contributed by atoms with Crippen LogP contribution in [-0.4, -0.2) is 56.1 Å². The van der Waals surface area contributed by atoms with E-state index in [0.717, 1.165) is 10.6 Å². The summed E-state index contributed by atoms with van der Waals surface area (Å²) in [5, 5.41) is 4.26. The quantitative estimate of drug-likeness (QED) is 0.368. The zero-order valence-corrected chi connectivity index (χ0v) is 20.5. The van der Waals surface area contributed by atoms with Crippen LogP contribution < -0.4 is 14.5 Å². The highest BCUT2D eigenvalue weighted by Crippen LogP contribution is 2.29. The lowest BCUT2D eigenvalue weighted by Gasteiger charge is -2.37. The maximum Gasteiger partial charge on any atom is 0.410 e. The summed E-state index contributed by atoms with van der Waals surface area (Å²) in [6.45, 7) is 9.77. The van der Waals surface area contributed by atoms with Gasteiger partial charge in [-0.3, -0.25) is 0 Å². The molecule has 1 fully saturated rings. The maximum absolute atomic E-state index is 14.4. The molecular weight excluding hydrogens is 443 g/mol. The third kappa shape index (κ3) is 7.02. The average Bonchev–Trinajstić information content (AvgIpc) is 2.77. The Morgan fingerprint density at radius 1 is 1.15 bits per heavy atom. The highest BCUT2D eigenvalue weighted by Gasteiger charge is 2.27. The fourth-order valence-electron chi connectivity index (χ4n) is 3.33. The van der Waals surface area contributed by atoms with Crippen LogP contribution in [-0.2, 0) is 4.74 Å². The van der Waals surface area contributed by atoms with Gasteiger partial charge in [-0.25, -0.2) is 14.0 Å². The molecule has 1 heterocycles. The van der Waals surface area contributed by atoms with E-state index in [0.29, 0.717) is 31.7 Å². The number of methoxy groups -OCH3 is 1. The smallest absolute Gasteiger partial charge is 0.410 e. The first-order valence-corrected chi connectivity index (χ1v) is 11.6. The van der Waals surface area contributed by atoms with E-state index < -0.39 is 11.4 Å². The van der Waals surface area contributed by atoms with Crippen LogP contribution in [0.2, 0.25) is 0 Å². The van der Waals surface area contributed by atoms with E-state index >= 15 is 0 Å². The van der Waals surface area contributed by atoms with Crippen molar-refractivity contribution in [1.82, 2.24) is 9.73 Å². The second-order valence-corrected chi connectivity index (χ2v) is 9.62. The Morgan fingerprint density at radius 3 is 2.42 bits per heavy atom. The Morgan fingerprint density at radius 2 is 1.82 bits per heavy atom. The van der Waals surface area contributed by atoms with Gasteiger partial charge in [0.05, 0.1) is 13.3 Å². The van der Waals surface area contributed by atoms with E-state index in [1.807, 2.05) is 52.0 Å². The molecule has 3 rings (SSSR count). The summed E-state index contributed by atoms with van der Waals surface area (Å²) in [6, 6.07) is 11.2. The Bertz CT molecular complexity index is 984. The fourth-order valence-corrected chi connectivity index (χ4v) is 3.81. The lowest BCUT2D eigenvalue weighted by atomic mass is 10.1. The molecule has 0 unspecified atom stereocenters. The SMILES string of the molecule is COc1cc(N2CCN(C(=O)OC(C)(C)C)CC2)c(/C=N/NSc2ccc(C)cc2)cc1F. The summed E-state index contributed by atoms with van der Waals surface area (Å²) in [5.41, 5.74) is 2.07. The summed E-state index contributed by atoms with van der Waals surface area (Å²) in [6.07, 6.45) is 1.28. The number of carbonyl (C=O) groups is 1. The third-order valence-electron chi connectivity index (χ3n) is 5.01. The summed E-state index contributed by atoms with van der Waals surface area (Å²) in [5.74, 6) is -0.292. The maximum atomic E-state index is 14.4. The van der Waals surface area contributed by atoms with Gasteiger partial charge in [-0.05, 0) is 45.9 Å². The number of hydrogen-bond acceptors (Lipinski definition) is 7. The predicted molar refractivity (Wildman–Crippen MR) is 131 cm³/mol. The van der Waals surface area contributed by atoms with Crippen molar-refractivity contribution in [2.24, 2.45) is 5.10 Å². The summed E-state index contributed by atoms with van der Waals surface area (Å²) in [7, 11) is 1.44. The van der Waals surface area contributed by atoms with Gasteiger partial charge in [0, 0.05) is 60.3 Å². The number of aryl methyl sites for hydroxylation is 1. The molecular formula is C24H31FN4O3S. The van der Waals surface area contributed by atoms with Crippen molar-refractivity contribution in [3.8, 4) is 5.75 Å². The summed E-state index contributed by atoms with van der Waals surface area (Å²) in [4.78, 5) is 20.1. The molecule has 7 nitrogen and oxygen atoms in total. The first kappa shape index (κ1) is 24.7. The molecule has 1 N–H and O–H groups in total. The number of amides is 1. The van der Waals surface area contributed by atoms with E-state index in [2.05, 4.69) is 14.8 Å². The monoisotopic (exact) mass is 474 g/mol. The van der Waals surface area contributed by atoms with Gasteiger partial charge in [0.15, 0.2) is 11.6 Å². The molecule has 0 aromatic heterocycles. The van der Waals surface area contributed by atoms with Crippen molar-refractivity contribution in [2.45, 2.75) is 38.2 Å². The summed E-state index contributed by atoms with van der Waals surface area (Å²) < 4.78 is 25.1. The van der Waals surface area contributed by atoms with E-state index in [9.17, 15) is 9.18 Å². The molecule has 9 heteroatoms. The highest BCUT2D eigenvalue weighted by molar-refractivity contribution is 7.97. The molecule has 0 spiro atoms. The molecule has 1 aliphatic heterocycles. The molecule has 0 radical (unpaired) electrons. The predicted octanol–water partition coefficient (Wildman–Crippen LogP) is 4.83. The summed E-state index contributed by atoms with van der Waals surface area (Å²) >= 11 is 1.37. The Labute approximate surface area is 199 Å². The van der Waals surface area contributed by atoms with Gasteiger partial charge in [-0.2, -0.15) is 5.10 Å². The average molecular weight is 475 g/mol. The standard InChI is InChI=1S/C24H31FN4O3S/c1-17-6-8-19(9-7-17)33-27-26-16-18-14-20(25)22(31-5)15-21(18)28-10-12-29(13-11-28)23(30)32-24(2,3)4/h6-9,14-16,27H,10-13H2,1-5H3/b26-16+. The molecule has 33 heavy (non-hydrogen) atoms. The zero-order valence-electron chi connectivity index (χ0n) is 19.7. The topological polar surface area (TPSA) is 66.4 Å². The molecule has 2 aromatic carbocycles. The van der Waals surface area contributed by atoms with E-state index in [1.165, 1.54) is 30.7 Å². The van der Waals surface area contributed by atoms with E-state index in [4.69, 9.17) is 9.47 Å². The van der Waals surface area contributed by atoms with Crippen molar-refractivity contribution >= 4 is 29.9 Å². The first-order chi connectivity index (χ1) is 15.7. The normalized spacial score (nSPS) is 14.5. The minimum absolute atomic E-state index is 0.165. The first-order valence-electron chi connectivity index (χ1n) is 10.8. The number of nitrogens with zero attached hydrogens (tertiary/aromatic N) is 3. The lowest BCUT2D eigenvalue weighted by molar-refractivity contribution is 0.0240. The number of anilines is 1. The number of rotatable bonds is 6. The fraction of sp³-hybridized carbons (Fsp3) is 0.417. The molecule has 1 saturated heterocycles. The van der Waals surface area contributed by atoms with Crippen LogP contribution >= 0.6 is 11.9 Å². The van der Waals surface area contributed by atoms with Crippen LogP contribution in [0.5, 0.6) is 5.75 Å². The van der Waals surface area contributed by atoms with E-state index in [1.54, 1.807) is 17.2 Å². The molecule has 2 aromatic rings. The number of hydrogen-bond donors (Lipinski definition) is 1. The Hall–Kier alpha value is -2.94. The van der Waals surface area contributed by atoms with Crippen LogP contribution in [0.4, 0.5) is 14.9 Å². The van der Waals surface area contributed by atoms with E-state index in [-0.39, 0.29) is 11.8 Å². The molecule has 0 aliphatic carbocycles. The van der Waals surface area contributed by atoms with Crippen LogP contribution in [0, 0.1) is 12.7 Å². The number of nitrogens with one attached hydrogen (secondary N) is 1. The molecule has 0 saturated carbocycles. The number of piperazine rings is 1. The van der Waals surface area contributed by atoms with Crippen molar-refractivity contribution in [2.75, 3.05) is 38.2 Å². The second kappa shape index (κ2) is 10.8. The lowest BCUT2D eigenvalue weighted by Crippen LogP contribution is -2.50. The molecule has 0 atom stereocenters. The zero-order chi connectivity index (χ0) is 24.0. The molecule has 1 aliphatic rings. The third-order valence-corrected chi connectivity index (χ3v) is 5.72. The second-order valence-electron chi connectivity index (χ2n) is 8.76. The minimum Gasteiger partial charge on any atom is -0.494 e. The van der Waals surface area contributed by atoms with Crippen LogP contribution in [0.3, 0.4) is 0 Å². The Kier molecular flexibility index (Phi) is 8.07. The van der Waals surface area contributed by atoms with Gasteiger partial charge in [-0.15, -0.1) is 0 Å². The number of halogens is 1. The van der Waals surface area contributed by atoms with Gasteiger partial charge in [0.2, 0.25) is 0 Å². The number of benzene rings is 2. The number of hydrazone groups is 1. The van der Waals surface area contributed by atoms with Gasteiger partial charge in [0.1, 0.15) is 5.60 Å². The number of carbonyl (C=O) groups excluding carboxylic acids is 1. The number of ether oxygens (including phenoxy) is 2. The van der Waals surface area contributed by atoms with Crippen molar-refractivity contribution in [1.29, 1.82) is 0 Å². The van der Waals surface area contributed by atoms with Gasteiger partial charge in [-0.1, -0.05) is 17.7 Å². The van der Waals surface area contributed by atoms with Crippen LogP contribution in [0.25, 0.3) is 0 Å². The molecule has 0 bridgehead atoms. The van der Waals surface area contributed by atoms with Crippen molar-refractivity contribution in [3.63, 3.8) is 0 Å². The molecule has 1 amide bonds. The van der Waals surface area contributed by atoms with Gasteiger partial charge >= 0.3 is 6.09 Å². The highest BCUT2D eigenvalue weighted by atomic mass is 32.2. The van der Waals surface area contributed by atoms with Crippen molar-refractivity contribution < 1.29 is 18.7 Å².